The lowest BCUT2D eigenvalue weighted by atomic mass is 10.0. The summed E-state index contributed by atoms with van der Waals surface area (Å²) >= 11 is 0. The lowest BCUT2D eigenvalue weighted by molar-refractivity contribution is -0.134. The maximum Gasteiger partial charge on any atom is 0.250 e. The number of aromatic nitrogens is 2. The fraction of sp³-hybridized carbons (Fsp3) is 0.438. The Morgan fingerprint density at radius 3 is 2.33 bits per heavy atom. The molecule has 10 nitrogen and oxygen atoms in total. The first-order valence-electron chi connectivity index (χ1n) is 14.5. The van der Waals surface area contributed by atoms with Gasteiger partial charge in [-0.1, -0.05) is 74.5 Å². The highest BCUT2D eigenvalue weighted by atomic mass is 16.5. The predicted octanol–water partition coefficient (Wildman–Crippen LogP) is 4.13. The Morgan fingerprint density at radius 2 is 1.76 bits per heavy atom. The first-order chi connectivity index (χ1) is 20.2. The average molecular weight is 579 g/mol. The summed E-state index contributed by atoms with van der Waals surface area (Å²) in [5, 5.41) is 5.23. The van der Waals surface area contributed by atoms with Crippen LogP contribution in [0.25, 0.3) is 0 Å². The van der Waals surface area contributed by atoms with Crippen LogP contribution in [0.15, 0.2) is 73.2 Å². The molecule has 4 rings (SSSR count). The maximum absolute atomic E-state index is 13.1. The van der Waals surface area contributed by atoms with E-state index in [2.05, 4.69) is 22.5 Å². The van der Waals surface area contributed by atoms with Gasteiger partial charge in [-0.2, -0.15) is 0 Å². The molecule has 228 valence electrons. The fourth-order valence-electron chi connectivity index (χ4n) is 4.34. The quantitative estimate of drug-likeness (QED) is 0.232. The molecular weight excluding hydrogens is 532 g/mol. The molecule has 4 N–H and O–H groups in total. The van der Waals surface area contributed by atoms with E-state index in [1.807, 2.05) is 79.4 Å². The standard InChI is InChI=1S/C17H20N4O2.C13H20N2O2.C2H6/c1-13-6-5-9-21(13)17(23)16(14-7-3-2-4-8-14)20-10-15(18-11-20)19-12-22;1-13(2,14)12(16)15-8-9-17-10-11-6-4-3-5-7-11;1-2/h2-4,7-8,10-13,16H,5-6,9H2,1H3,(H,19,22);3-7H,8-10,14H2,1-2H3,(H,15,16);1-2H3/t13-,16?;;/m1../s1. The number of amides is 3. The zero-order valence-corrected chi connectivity index (χ0v) is 25.5. The molecule has 1 fully saturated rings. The van der Waals surface area contributed by atoms with E-state index in [9.17, 15) is 14.4 Å². The van der Waals surface area contributed by atoms with E-state index in [1.165, 1.54) is 0 Å². The number of imidazole rings is 1. The third-order valence-electron chi connectivity index (χ3n) is 6.52. The lowest BCUT2D eigenvalue weighted by Gasteiger charge is -2.27. The predicted molar refractivity (Wildman–Crippen MR) is 166 cm³/mol. The van der Waals surface area contributed by atoms with Gasteiger partial charge in [-0.05, 0) is 44.7 Å². The monoisotopic (exact) mass is 578 g/mol. The van der Waals surface area contributed by atoms with Gasteiger partial charge in [-0.25, -0.2) is 4.98 Å². The van der Waals surface area contributed by atoms with Crippen molar-refractivity contribution in [1.29, 1.82) is 0 Å². The summed E-state index contributed by atoms with van der Waals surface area (Å²) in [7, 11) is 0. The van der Waals surface area contributed by atoms with Gasteiger partial charge in [0.15, 0.2) is 5.82 Å². The van der Waals surface area contributed by atoms with E-state index in [1.54, 1.807) is 30.9 Å². The van der Waals surface area contributed by atoms with Crippen LogP contribution in [0.1, 0.15) is 64.6 Å². The zero-order valence-electron chi connectivity index (χ0n) is 25.5. The summed E-state index contributed by atoms with van der Waals surface area (Å²) in [5.74, 6) is 0.334. The van der Waals surface area contributed by atoms with Crippen molar-refractivity contribution in [2.75, 3.05) is 25.0 Å². The van der Waals surface area contributed by atoms with Gasteiger partial charge >= 0.3 is 0 Å². The van der Waals surface area contributed by atoms with Gasteiger partial charge in [0.1, 0.15) is 6.04 Å². The zero-order chi connectivity index (χ0) is 31.0. The molecule has 0 radical (unpaired) electrons. The first-order valence-corrected chi connectivity index (χ1v) is 14.5. The van der Waals surface area contributed by atoms with E-state index in [0.717, 1.165) is 30.5 Å². The molecule has 1 unspecified atom stereocenters. The Labute approximate surface area is 249 Å². The molecule has 10 heteroatoms. The Kier molecular flexibility index (Phi) is 14.4. The number of rotatable bonds is 11. The first kappa shape index (κ1) is 34.2. The molecule has 1 aliphatic rings. The number of nitrogens with zero attached hydrogens (tertiary/aromatic N) is 3. The summed E-state index contributed by atoms with van der Waals surface area (Å²) in [5.41, 5.74) is 6.83. The van der Waals surface area contributed by atoms with Crippen LogP contribution in [0.3, 0.4) is 0 Å². The second-order valence-corrected chi connectivity index (χ2v) is 10.3. The number of nitrogens with two attached hydrogens (primary N) is 1. The Bertz CT molecular complexity index is 1210. The highest BCUT2D eigenvalue weighted by molar-refractivity contribution is 5.85. The van der Waals surface area contributed by atoms with Crippen molar-refractivity contribution in [2.45, 2.75) is 71.7 Å². The van der Waals surface area contributed by atoms with E-state index in [0.29, 0.717) is 32.0 Å². The summed E-state index contributed by atoms with van der Waals surface area (Å²) < 4.78 is 7.19. The van der Waals surface area contributed by atoms with Crippen LogP contribution in [-0.4, -0.2) is 64.0 Å². The van der Waals surface area contributed by atoms with E-state index < -0.39 is 11.6 Å². The van der Waals surface area contributed by atoms with Gasteiger partial charge < -0.3 is 30.6 Å². The average Bonchev–Trinajstić information content (AvgIpc) is 3.64. The van der Waals surface area contributed by atoms with E-state index in [4.69, 9.17) is 10.5 Å². The third-order valence-corrected chi connectivity index (χ3v) is 6.52. The largest absolute Gasteiger partial charge is 0.375 e. The van der Waals surface area contributed by atoms with Gasteiger partial charge in [0, 0.05) is 25.3 Å². The Hall–Kier alpha value is -4.02. The minimum Gasteiger partial charge on any atom is -0.375 e. The number of hydrogen-bond donors (Lipinski definition) is 3. The van der Waals surface area contributed by atoms with Gasteiger partial charge in [-0.3, -0.25) is 14.4 Å². The summed E-state index contributed by atoms with van der Waals surface area (Å²) in [4.78, 5) is 41.2. The molecule has 0 spiro atoms. The van der Waals surface area contributed by atoms with Crippen LogP contribution in [-0.2, 0) is 25.7 Å². The number of hydrogen-bond acceptors (Lipinski definition) is 6. The Morgan fingerprint density at radius 1 is 1.12 bits per heavy atom. The van der Waals surface area contributed by atoms with Crippen molar-refractivity contribution in [2.24, 2.45) is 5.73 Å². The van der Waals surface area contributed by atoms with Crippen LogP contribution in [0.5, 0.6) is 0 Å². The minimum atomic E-state index is -0.834. The molecule has 3 amide bonds. The molecular formula is C32H46N6O4. The second-order valence-electron chi connectivity index (χ2n) is 10.3. The molecule has 1 aliphatic heterocycles. The van der Waals surface area contributed by atoms with Crippen LogP contribution in [0.2, 0.25) is 0 Å². The number of carbonyl (C=O) groups is 3. The molecule has 2 atom stereocenters. The molecule has 3 aromatic rings. The van der Waals surface area contributed by atoms with Crippen molar-refractivity contribution in [3.63, 3.8) is 0 Å². The number of carbonyl (C=O) groups excluding carboxylic acids is 3. The molecule has 2 heterocycles. The van der Waals surface area contributed by atoms with Crippen LogP contribution in [0, 0.1) is 0 Å². The lowest BCUT2D eigenvalue weighted by Crippen LogP contribution is -2.49. The van der Waals surface area contributed by atoms with E-state index >= 15 is 0 Å². The number of anilines is 1. The highest BCUT2D eigenvalue weighted by Gasteiger charge is 2.32. The summed E-state index contributed by atoms with van der Waals surface area (Å²) in [6, 6.07) is 19.3. The molecule has 0 bridgehead atoms. The topological polar surface area (TPSA) is 132 Å². The molecule has 42 heavy (non-hydrogen) atoms. The van der Waals surface area contributed by atoms with Gasteiger partial charge in [-0.15, -0.1) is 0 Å². The van der Waals surface area contributed by atoms with Crippen molar-refractivity contribution >= 4 is 24.0 Å². The normalized spacial score (nSPS) is 14.9. The van der Waals surface area contributed by atoms with E-state index in [-0.39, 0.29) is 17.9 Å². The summed E-state index contributed by atoms with van der Waals surface area (Å²) in [6.45, 7) is 11.7. The number of ether oxygens (including phenoxy) is 1. The summed E-state index contributed by atoms with van der Waals surface area (Å²) in [6.07, 6.45) is 5.92. The van der Waals surface area contributed by atoms with Gasteiger partial charge in [0.2, 0.25) is 12.3 Å². The van der Waals surface area contributed by atoms with Crippen molar-refractivity contribution in [3.8, 4) is 0 Å². The molecule has 2 aromatic carbocycles. The molecule has 0 aliphatic carbocycles. The minimum absolute atomic E-state index is 0.0660. The maximum atomic E-state index is 13.1. The van der Waals surface area contributed by atoms with Crippen molar-refractivity contribution in [1.82, 2.24) is 19.8 Å². The van der Waals surface area contributed by atoms with Crippen LogP contribution < -0.4 is 16.4 Å². The smallest absolute Gasteiger partial charge is 0.250 e. The number of likely N-dealkylation sites (tertiary alicyclic amines) is 1. The number of benzene rings is 2. The van der Waals surface area contributed by atoms with Crippen LogP contribution >= 0.6 is 0 Å². The molecule has 1 saturated heterocycles. The van der Waals surface area contributed by atoms with Crippen molar-refractivity contribution in [3.05, 3.63) is 84.3 Å². The van der Waals surface area contributed by atoms with Gasteiger partial charge in [0.05, 0.1) is 25.1 Å². The fourth-order valence-corrected chi connectivity index (χ4v) is 4.34. The van der Waals surface area contributed by atoms with Crippen LogP contribution in [0.4, 0.5) is 5.82 Å². The Balaban J connectivity index is 0.000000290. The SMILES string of the molecule is CC.CC(C)(N)C(=O)NCCOCc1ccccc1.C[C@@H]1CCCN1C(=O)C(c1ccccc1)n1cnc(NC=O)c1. The molecule has 0 saturated carbocycles. The number of nitrogens with one attached hydrogen (secondary N) is 2. The van der Waals surface area contributed by atoms with Gasteiger partial charge in [0.25, 0.3) is 5.91 Å². The second kappa shape index (κ2) is 17.7. The highest BCUT2D eigenvalue weighted by Crippen LogP contribution is 2.26. The third kappa shape index (κ3) is 10.8. The van der Waals surface area contributed by atoms with Crippen molar-refractivity contribution < 1.29 is 19.1 Å². The molecule has 1 aromatic heterocycles.